The molecule has 0 N–H and O–H groups in total. The van der Waals surface area contributed by atoms with Crippen LogP contribution in [0.25, 0.3) is 0 Å². The zero-order valence-corrected chi connectivity index (χ0v) is 4.94. The minimum atomic E-state index is 0.913. The molecule has 0 radical (unpaired) electrons. The molecule has 7 heavy (non-hydrogen) atoms. The summed E-state index contributed by atoms with van der Waals surface area (Å²) in [5, 5.41) is 0. The molecule has 0 aliphatic rings. The van der Waals surface area contributed by atoms with Gasteiger partial charge in [-0.1, -0.05) is 12.2 Å². The molecule has 0 aromatic heterocycles. The lowest BCUT2D eigenvalue weighted by Crippen LogP contribution is -1.73. The van der Waals surface area contributed by atoms with Gasteiger partial charge < -0.3 is 4.99 Å². The summed E-state index contributed by atoms with van der Waals surface area (Å²) < 4.78 is 0. The Balaban J connectivity index is 3.14. The minimum absolute atomic E-state index is 0.913. The van der Waals surface area contributed by atoms with Gasteiger partial charge in [-0.05, 0) is 6.92 Å². The van der Waals surface area contributed by atoms with Crippen molar-refractivity contribution in [2.45, 2.75) is 13.3 Å². The van der Waals surface area contributed by atoms with Crippen LogP contribution in [0.15, 0.2) is 17.1 Å². The van der Waals surface area contributed by atoms with Crippen molar-refractivity contribution in [1.29, 1.82) is 0 Å². The monoisotopic (exact) mass is 97.1 g/mol. The van der Waals surface area contributed by atoms with E-state index in [2.05, 4.69) is 11.6 Å². The third-order valence-electron chi connectivity index (χ3n) is 0.622. The molecule has 0 rings (SSSR count). The molecule has 0 fully saturated rings. The zero-order valence-electron chi connectivity index (χ0n) is 4.94. The predicted octanol–water partition coefficient (Wildman–Crippen LogP) is 1.65. The second-order valence-corrected chi connectivity index (χ2v) is 1.60. The van der Waals surface area contributed by atoms with Crippen molar-refractivity contribution >= 4 is 6.21 Å². The first kappa shape index (κ1) is 6.41. The topological polar surface area (TPSA) is 12.4 Å². The summed E-state index contributed by atoms with van der Waals surface area (Å²) in [7, 11) is 1.77. The summed E-state index contributed by atoms with van der Waals surface area (Å²) in [6, 6.07) is 0. The SMILES string of the molecule is C=C(C)CC=NC. The minimum Gasteiger partial charge on any atom is -0.301 e. The molecule has 0 saturated heterocycles. The molecule has 40 valence electrons. The molecule has 0 aliphatic heterocycles. The molecule has 0 saturated carbocycles. The van der Waals surface area contributed by atoms with E-state index in [-0.39, 0.29) is 0 Å². The Kier molecular flexibility index (Phi) is 3.29. The van der Waals surface area contributed by atoms with Crippen LogP contribution in [0.4, 0.5) is 0 Å². The third-order valence-corrected chi connectivity index (χ3v) is 0.622. The predicted molar refractivity (Wildman–Crippen MR) is 33.8 cm³/mol. The van der Waals surface area contributed by atoms with Crippen LogP contribution in [0.1, 0.15) is 13.3 Å². The first-order valence-electron chi connectivity index (χ1n) is 2.32. The summed E-state index contributed by atoms with van der Waals surface area (Å²) in [6.45, 7) is 5.69. The summed E-state index contributed by atoms with van der Waals surface area (Å²) in [6.07, 6.45) is 2.76. The molecule has 0 bridgehead atoms. The van der Waals surface area contributed by atoms with Crippen LogP contribution in [0.2, 0.25) is 0 Å². The van der Waals surface area contributed by atoms with Crippen LogP contribution in [-0.2, 0) is 0 Å². The van der Waals surface area contributed by atoms with E-state index in [0.717, 1.165) is 12.0 Å². The maximum atomic E-state index is 3.79. The fourth-order valence-corrected chi connectivity index (χ4v) is 0.247. The van der Waals surface area contributed by atoms with Gasteiger partial charge in [-0.15, -0.1) is 0 Å². The molecule has 0 aromatic carbocycles. The normalized spacial score (nSPS) is 10.0. The quantitative estimate of drug-likeness (QED) is 0.367. The highest BCUT2D eigenvalue weighted by Crippen LogP contribution is 1.88. The van der Waals surface area contributed by atoms with E-state index in [1.54, 1.807) is 7.05 Å². The molecular formula is C6H11N. The molecule has 0 amide bonds. The van der Waals surface area contributed by atoms with E-state index in [4.69, 9.17) is 0 Å². The molecule has 1 heteroatoms. The summed E-state index contributed by atoms with van der Waals surface area (Å²) >= 11 is 0. The maximum Gasteiger partial charge on any atom is 0.0273 e. The van der Waals surface area contributed by atoms with E-state index >= 15 is 0 Å². The summed E-state index contributed by atoms with van der Waals surface area (Å²) in [4.78, 5) is 3.79. The number of hydrogen-bond acceptors (Lipinski definition) is 1. The average molecular weight is 97.2 g/mol. The van der Waals surface area contributed by atoms with Gasteiger partial charge >= 0.3 is 0 Å². The average Bonchev–Trinajstić information content (AvgIpc) is 1.61. The largest absolute Gasteiger partial charge is 0.301 e. The first-order valence-corrected chi connectivity index (χ1v) is 2.32. The number of rotatable bonds is 2. The van der Waals surface area contributed by atoms with E-state index in [9.17, 15) is 0 Å². The maximum absolute atomic E-state index is 3.79. The molecule has 0 spiro atoms. The van der Waals surface area contributed by atoms with Crippen molar-refractivity contribution < 1.29 is 0 Å². The molecule has 0 atom stereocenters. The first-order chi connectivity index (χ1) is 3.27. The van der Waals surface area contributed by atoms with Gasteiger partial charge in [0.1, 0.15) is 0 Å². The number of nitrogens with zero attached hydrogens (tertiary/aromatic N) is 1. The van der Waals surface area contributed by atoms with Gasteiger partial charge in [0.15, 0.2) is 0 Å². The van der Waals surface area contributed by atoms with Crippen molar-refractivity contribution in [1.82, 2.24) is 0 Å². The smallest absolute Gasteiger partial charge is 0.0273 e. The molecule has 0 heterocycles. The van der Waals surface area contributed by atoms with Gasteiger partial charge in [0.05, 0.1) is 0 Å². The van der Waals surface area contributed by atoms with Crippen molar-refractivity contribution in [3.63, 3.8) is 0 Å². The van der Waals surface area contributed by atoms with Crippen molar-refractivity contribution in [3.8, 4) is 0 Å². The molecule has 0 unspecified atom stereocenters. The summed E-state index contributed by atoms with van der Waals surface area (Å²) in [5.74, 6) is 0. The Bertz CT molecular complexity index is 82.2. The standard InChI is InChI=1S/C6H11N/c1-6(2)4-5-7-3/h5H,1,4H2,2-3H3. The molecule has 1 nitrogen and oxygen atoms in total. The second kappa shape index (κ2) is 3.59. The Hall–Kier alpha value is -0.590. The molecule has 0 aromatic rings. The second-order valence-electron chi connectivity index (χ2n) is 1.60. The van der Waals surface area contributed by atoms with Gasteiger partial charge in [-0.2, -0.15) is 0 Å². The van der Waals surface area contributed by atoms with Crippen LogP contribution in [-0.4, -0.2) is 13.3 Å². The highest BCUT2D eigenvalue weighted by molar-refractivity contribution is 5.60. The highest BCUT2D eigenvalue weighted by Gasteiger charge is 1.74. The lowest BCUT2D eigenvalue weighted by atomic mass is 10.3. The van der Waals surface area contributed by atoms with Gasteiger partial charge in [-0.3, -0.25) is 0 Å². The van der Waals surface area contributed by atoms with Crippen molar-refractivity contribution in [2.75, 3.05) is 7.05 Å². The van der Waals surface area contributed by atoms with Crippen LogP contribution >= 0.6 is 0 Å². The molecule has 0 aliphatic carbocycles. The Morgan fingerprint density at radius 1 is 1.86 bits per heavy atom. The number of hydrogen-bond donors (Lipinski definition) is 0. The fraction of sp³-hybridized carbons (Fsp3) is 0.500. The van der Waals surface area contributed by atoms with E-state index in [1.165, 1.54) is 0 Å². The summed E-state index contributed by atoms with van der Waals surface area (Å²) in [5.41, 5.74) is 1.16. The lowest BCUT2D eigenvalue weighted by molar-refractivity contribution is 1.28. The van der Waals surface area contributed by atoms with E-state index < -0.39 is 0 Å². The zero-order chi connectivity index (χ0) is 5.70. The number of allylic oxidation sites excluding steroid dienone is 1. The van der Waals surface area contributed by atoms with Crippen molar-refractivity contribution in [2.24, 2.45) is 4.99 Å². The van der Waals surface area contributed by atoms with E-state index in [1.807, 2.05) is 13.1 Å². The van der Waals surface area contributed by atoms with Gasteiger partial charge in [0, 0.05) is 19.7 Å². The van der Waals surface area contributed by atoms with Gasteiger partial charge in [-0.25, -0.2) is 0 Å². The Morgan fingerprint density at radius 2 is 2.43 bits per heavy atom. The van der Waals surface area contributed by atoms with Crippen LogP contribution in [0.5, 0.6) is 0 Å². The van der Waals surface area contributed by atoms with Gasteiger partial charge in [0.25, 0.3) is 0 Å². The van der Waals surface area contributed by atoms with E-state index in [0.29, 0.717) is 0 Å². The third kappa shape index (κ3) is 5.41. The van der Waals surface area contributed by atoms with Crippen molar-refractivity contribution in [3.05, 3.63) is 12.2 Å². The lowest BCUT2D eigenvalue weighted by Gasteiger charge is -1.84. The van der Waals surface area contributed by atoms with Crippen LogP contribution < -0.4 is 0 Å². The molecular weight excluding hydrogens is 86.1 g/mol. The van der Waals surface area contributed by atoms with Gasteiger partial charge in [0.2, 0.25) is 0 Å². The Morgan fingerprint density at radius 3 is 2.57 bits per heavy atom. The Labute approximate surface area is 44.8 Å². The highest BCUT2D eigenvalue weighted by atomic mass is 14.6. The van der Waals surface area contributed by atoms with Crippen LogP contribution in [0, 0.1) is 0 Å². The fourth-order valence-electron chi connectivity index (χ4n) is 0.247. The van der Waals surface area contributed by atoms with Crippen LogP contribution in [0.3, 0.4) is 0 Å². The number of aliphatic imine (C=N–C) groups is 1.